The van der Waals surface area contributed by atoms with Gasteiger partial charge in [-0.2, -0.15) is 0 Å². The number of carbonyl (C=O) groups is 2. The number of hydrogen-bond donors (Lipinski definition) is 0. The Morgan fingerprint density at radius 3 is 2.60 bits per heavy atom. The fourth-order valence-corrected chi connectivity index (χ4v) is 1.72. The Morgan fingerprint density at radius 1 is 1.40 bits per heavy atom. The molecular formula is C9H14N2O4. The predicted molar refractivity (Wildman–Crippen MR) is 50.3 cm³/mol. The van der Waals surface area contributed by atoms with E-state index in [1.54, 1.807) is 11.9 Å². The van der Waals surface area contributed by atoms with Crippen molar-refractivity contribution in [2.75, 3.05) is 40.0 Å². The van der Waals surface area contributed by atoms with Gasteiger partial charge in [-0.3, -0.25) is 9.69 Å². The van der Waals surface area contributed by atoms with Crippen molar-refractivity contribution in [3.8, 4) is 0 Å². The number of likely N-dealkylation sites (N-methyl/N-ethyl adjacent to an activating group) is 1. The van der Waals surface area contributed by atoms with Gasteiger partial charge in [-0.15, -0.1) is 0 Å². The second-order valence-corrected chi connectivity index (χ2v) is 3.64. The van der Waals surface area contributed by atoms with Gasteiger partial charge in [0.05, 0.1) is 13.2 Å². The second kappa shape index (κ2) is 4.06. The first-order valence-electron chi connectivity index (χ1n) is 4.96. The summed E-state index contributed by atoms with van der Waals surface area (Å²) in [5, 5.41) is 0. The summed E-state index contributed by atoms with van der Waals surface area (Å²) in [5.74, 6) is -0.0494. The van der Waals surface area contributed by atoms with Crippen LogP contribution in [0.1, 0.15) is 0 Å². The summed E-state index contributed by atoms with van der Waals surface area (Å²) in [6.45, 7) is 2.48. The van der Waals surface area contributed by atoms with E-state index >= 15 is 0 Å². The highest BCUT2D eigenvalue weighted by atomic mass is 16.6. The fourth-order valence-electron chi connectivity index (χ4n) is 1.72. The van der Waals surface area contributed by atoms with Crippen molar-refractivity contribution in [3.05, 3.63) is 0 Å². The average Bonchev–Trinajstić information content (AvgIpc) is 2.60. The van der Waals surface area contributed by atoms with Gasteiger partial charge < -0.3 is 14.4 Å². The van der Waals surface area contributed by atoms with Gasteiger partial charge in [0.15, 0.2) is 0 Å². The van der Waals surface area contributed by atoms with Crippen molar-refractivity contribution in [3.63, 3.8) is 0 Å². The minimum absolute atomic E-state index is 0.0494. The first-order chi connectivity index (χ1) is 7.20. The number of carbonyl (C=O) groups excluding carboxylic acids is 2. The molecule has 84 valence electrons. The average molecular weight is 214 g/mol. The lowest BCUT2D eigenvalue weighted by Crippen LogP contribution is -2.50. The first-order valence-corrected chi connectivity index (χ1v) is 4.96. The molecule has 2 fully saturated rings. The maximum Gasteiger partial charge on any atom is 0.410 e. The Labute approximate surface area is 87.7 Å². The molecule has 0 N–H and O–H groups in total. The van der Waals surface area contributed by atoms with Crippen LogP contribution < -0.4 is 0 Å². The Kier molecular flexibility index (Phi) is 2.77. The molecule has 0 radical (unpaired) electrons. The molecule has 6 nitrogen and oxygen atoms in total. The minimum Gasteiger partial charge on any atom is -0.447 e. The zero-order chi connectivity index (χ0) is 10.8. The van der Waals surface area contributed by atoms with Gasteiger partial charge in [-0.1, -0.05) is 0 Å². The minimum atomic E-state index is -0.462. The third-order valence-electron chi connectivity index (χ3n) is 2.73. The van der Waals surface area contributed by atoms with E-state index in [2.05, 4.69) is 0 Å². The van der Waals surface area contributed by atoms with Crippen LogP contribution in [0, 0.1) is 0 Å². The van der Waals surface area contributed by atoms with Gasteiger partial charge in [-0.25, -0.2) is 4.79 Å². The van der Waals surface area contributed by atoms with Crippen LogP contribution in [0.2, 0.25) is 0 Å². The number of amides is 2. The van der Waals surface area contributed by atoms with E-state index in [4.69, 9.17) is 9.47 Å². The molecule has 0 aliphatic carbocycles. The largest absolute Gasteiger partial charge is 0.447 e. The maximum absolute atomic E-state index is 12.0. The molecule has 0 aromatic heterocycles. The molecule has 1 unspecified atom stereocenters. The van der Waals surface area contributed by atoms with E-state index < -0.39 is 12.1 Å². The van der Waals surface area contributed by atoms with Crippen molar-refractivity contribution in [2.24, 2.45) is 0 Å². The van der Waals surface area contributed by atoms with Crippen LogP contribution in [0.25, 0.3) is 0 Å². The van der Waals surface area contributed by atoms with Gasteiger partial charge in [0.2, 0.25) is 5.91 Å². The summed E-state index contributed by atoms with van der Waals surface area (Å²) in [7, 11) is 1.58. The molecule has 0 bridgehead atoms. The summed E-state index contributed by atoms with van der Waals surface area (Å²) < 4.78 is 9.95. The molecule has 2 heterocycles. The highest BCUT2D eigenvalue weighted by molar-refractivity contribution is 5.87. The third-order valence-corrected chi connectivity index (χ3v) is 2.73. The van der Waals surface area contributed by atoms with Crippen LogP contribution in [-0.4, -0.2) is 67.8 Å². The van der Waals surface area contributed by atoms with Crippen LogP contribution in [0.3, 0.4) is 0 Å². The molecule has 6 heteroatoms. The van der Waals surface area contributed by atoms with E-state index in [0.29, 0.717) is 26.3 Å². The summed E-state index contributed by atoms with van der Waals surface area (Å²) in [6.07, 6.45) is -0.429. The molecule has 0 spiro atoms. The first kappa shape index (κ1) is 10.2. The second-order valence-electron chi connectivity index (χ2n) is 3.64. The number of cyclic esters (lactones) is 1. The van der Waals surface area contributed by atoms with E-state index in [1.807, 2.05) is 0 Å². The number of morpholine rings is 1. The molecule has 0 saturated carbocycles. The van der Waals surface area contributed by atoms with Crippen LogP contribution in [0.4, 0.5) is 4.79 Å². The molecule has 0 aromatic carbocycles. The summed E-state index contributed by atoms with van der Waals surface area (Å²) in [4.78, 5) is 26.1. The van der Waals surface area contributed by atoms with E-state index in [0.717, 1.165) is 0 Å². The lowest BCUT2D eigenvalue weighted by atomic mass is 10.2. The van der Waals surface area contributed by atoms with E-state index in [9.17, 15) is 9.59 Å². The van der Waals surface area contributed by atoms with E-state index in [1.165, 1.54) is 4.90 Å². The van der Waals surface area contributed by atoms with Crippen molar-refractivity contribution >= 4 is 12.0 Å². The van der Waals surface area contributed by atoms with Gasteiger partial charge in [-0.05, 0) is 0 Å². The number of rotatable bonds is 1. The van der Waals surface area contributed by atoms with Gasteiger partial charge in [0.1, 0.15) is 12.6 Å². The van der Waals surface area contributed by atoms with Crippen LogP contribution in [0.5, 0.6) is 0 Å². The molecule has 2 saturated heterocycles. The molecule has 2 rings (SSSR count). The third kappa shape index (κ3) is 1.90. The fraction of sp³-hybridized carbons (Fsp3) is 0.778. The topological polar surface area (TPSA) is 59.1 Å². The molecule has 2 amide bonds. The van der Waals surface area contributed by atoms with Crippen LogP contribution in [-0.2, 0) is 14.3 Å². The highest BCUT2D eigenvalue weighted by Gasteiger charge is 2.37. The summed E-state index contributed by atoms with van der Waals surface area (Å²) >= 11 is 0. The van der Waals surface area contributed by atoms with Gasteiger partial charge >= 0.3 is 6.09 Å². The Balaban J connectivity index is 1.98. The zero-order valence-electron chi connectivity index (χ0n) is 8.64. The molecule has 15 heavy (non-hydrogen) atoms. The summed E-state index contributed by atoms with van der Waals surface area (Å²) in [6, 6.07) is -0.462. The molecule has 0 aromatic rings. The normalized spacial score (nSPS) is 26.7. The smallest absolute Gasteiger partial charge is 0.410 e. The van der Waals surface area contributed by atoms with Gasteiger partial charge in [0, 0.05) is 20.1 Å². The molecule has 1 atom stereocenters. The lowest BCUT2D eigenvalue weighted by Gasteiger charge is -2.29. The number of hydrogen-bond acceptors (Lipinski definition) is 4. The maximum atomic E-state index is 12.0. The predicted octanol–water partition coefficient (Wildman–Crippen LogP) is -0.704. The molecule has 2 aliphatic heterocycles. The van der Waals surface area contributed by atoms with E-state index in [-0.39, 0.29) is 12.5 Å². The molecular weight excluding hydrogens is 200 g/mol. The lowest BCUT2D eigenvalue weighted by molar-refractivity contribution is -0.139. The van der Waals surface area contributed by atoms with Crippen LogP contribution in [0.15, 0.2) is 0 Å². The van der Waals surface area contributed by atoms with Gasteiger partial charge in [0.25, 0.3) is 0 Å². The van der Waals surface area contributed by atoms with Crippen molar-refractivity contribution in [2.45, 2.75) is 6.04 Å². The van der Waals surface area contributed by atoms with Crippen molar-refractivity contribution in [1.29, 1.82) is 0 Å². The molecule has 2 aliphatic rings. The summed E-state index contributed by atoms with van der Waals surface area (Å²) in [5.41, 5.74) is 0. The highest BCUT2D eigenvalue weighted by Crippen LogP contribution is 2.13. The van der Waals surface area contributed by atoms with Crippen molar-refractivity contribution in [1.82, 2.24) is 9.80 Å². The Bertz CT molecular complexity index is 275. The SMILES string of the molecule is CN1C(=O)OCC1C(=O)N1CCOCC1. The Hall–Kier alpha value is -1.30. The Morgan fingerprint density at radius 2 is 2.07 bits per heavy atom. The number of ether oxygens (including phenoxy) is 2. The zero-order valence-corrected chi connectivity index (χ0v) is 8.64. The quantitative estimate of drug-likeness (QED) is 0.579. The standard InChI is InChI=1S/C9H14N2O4/c1-10-7(6-15-9(10)13)8(12)11-2-4-14-5-3-11/h7H,2-6H2,1H3. The monoisotopic (exact) mass is 214 g/mol. The van der Waals surface area contributed by atoms with Crippen molar-refractivity contribution < 1.29 is 19.1 Å². The number of nitrogens with zero attached hydrogens (tertiary/aromatic N) is 2. The van der Waals surface area contributed by atoms with Crippen LogP contribution >= 0.6 is 0 Å².